The lowest BCUT2D eigenvalue weighted by Crippen LogP contribution is -2.41. The molecule has 0 bridgehead atoms. The molecule has 0 heterocycles. The van der Waals surface area contributed by atoms with Crippen LogP contribution in [0.5, 0.6) is 5.75 Å². The number of rotatable bonds is 6. The van der Waals surface area contributed by atoms with Crippen LogP contribution in [0.15, 0.2) is 24.3 Å². The zero-order chi connectivity index (χ0) is 14.7. The Morgan fingerprint density at radius 1 is 1.24 bits per heavy atom. The van der Waals surface area contributed by atoms with Crippen LogP contribution in [0.1, 0.15) is 63.5 Å². The molecule has 1 aromatic carbocycles. The van der Waals surface area contributed by atoms with Crippen LogP contribution >= 0.6 is 0 Å². The van der Waals surface area contributed by atoms with Crippen LogP contribution < -0.4 is 4.74 Å². The zero-order valence-corrected chi connectivity index (χ0v) is 12.9. The van der Waals surface area contributed by atoms with Crippen LogP contribution in [0.4, 0.5) is 0 Å². The van der Waals surface area contributed by atoms with Crippen LogP contribution in [0.25, 0.3) is 0 Å². The van der Waals surface area contributed by atoms with Crippen molar-refractivity contribution in [3.63, 3.8) is 0 Å². The van der Waals surface area contributed by atoms with Crippen molar-refractivity contribution < 1.29 is 14.6 Å². The molecule has 1 atom stereocenters. The topological polar surface area (TPSA) is 38.7 Å². The van der Waals surface area contributed by atoms with E-state index in [2.05, 4.69) is 0 Å². The van der Waals surface area contributed by atoms with Gasteiger partial charge in [0.1, 0.15) is 11.9 Å². The molecule has 2 aliphatic carbocycles. The first-order valence-corrected chi connectivity index (χ1v) is 8.32. The average molecular weight is 290 g/mol. The largest absolute Gasteiger partial charge is 0.490 e. The van der Waals surface area contributed by atoms with E-state index in [1.54, 1.807) is 0 Å². The molecule has 116 valence electrons. The molecule has 2 aliphatic rings. The Kier molecular flexibility index (Phi) is 4.51. The molecule has 2 saturated carbocycles. The van der Waals surface area contributed by atoms with E-state index in [1.165, 1.54) is 6.42 Å². The van der Waals surface area contributed by atoms with Gasteiger partial charge in [0.05, 0.1) is 11.7 Å². The molecule has 3 heteroatoms. The van der Waals surface area contributed by atoms with Crippen LogP contribution in [0, 0.1) is 0 Å². The number of ether oxygens (including phenoxy) is 2. The Bertz CT molecular complexity index is 456. The first kappa shape index (κ1) is 14.9. The van der Waals surface area contributed by atoms with Crippen molar-refractivity contribution in [3.8, 4) is 5.75 Å². The molecule has 1 N–H and O–H groups in total. The summed E-state index contributed by atoms with van der Waals surface area (Å²) >= 11 is 0. The Morgan fingerprint density at radius 3 is 2.67 bits per heavy atom. The molecule has 3 rings (SSSR count). The smallest absolute Gasteiger partial charge is 0.120 e. The third-order valence-electron chi connectivity index (χ3n) is 4.63. The van der Waals surface area contributed by atoms with E-state index in [-0.39, 0.29) is 0 Å². The minimum Gasteiger partial charge on any atom is -0.490 e. The highest BCUT2D eigenvalue weighted by Crippen LogP contribution is 2.42. The van der Waals surface area contributed by atoms with Crippen molar-refractivity contribution in [1.82, 2.24) is 0 Å². The third kappa shape index (κ3) is 3.41. The third-order valence-corrected chi connectivity index (χ3v) is 4.63. The fourth-order valence-electron chi connectivity index (χ4n) is 3.37. The van der Waals surface area contributed by atoms with Gasteiger partial charge in [-0.25, -0.2) is 0 Å². The summed E-state index contributed by atoms with van der Waals surface area (Å²) in [7, 11) is 0. The molecule has 0 saturated heterocycles. The van der Waals surface area contributed by atoms with Crippen LogP contribution in [-0.2, 0) is 4.74 Å². The highest BCUT2D eigenvalue weighted by atomic mass is 16.5. The summed E-state index contributed by atoms with van der Waals surface area (Å²) in [4.78, 5) is 0. The lowest BCUT2D eigenvalue weighted by molar-refractivity contribution is -0.141. The van der Waals surface area contributed by atoms with Gasteiger partial charge in [0, 0.05) is 6.61 Å². The van der Waals surface area contributed by atoms with Gasteiger partial charge in [0.2, 0.25) is 0 Å². The number of hydrogen-bond acceptors (Lipinski definition) is 3. The van der Waals surface area contributed by atoms with Crippen molar-refractivity contribution in [3.05, 3.63) is 29.8 Å². The molecule has 0 spiro atoms. The summed E-state index contributed by atoms with van der Waals surface area (Å²) < 4.78 is 11.9. The molecule has 1 aromatic rings. The lowest BCUT2D eigenvalue weighted by atomic mass is 9.78. The van der Waals surface area contributed by atoms with Crippen LogP contribution in [0.2, 0.25) is 0 Å². The van der Waals surface area contributed by atoms with E-state index in [9.17, 15) is 5.11 Å². The van der Waals surface area contributed by atoms with Gasteiger partial charge in [0.25, 0.3) is 0 Å². The summed E-state index contributed by atoms with van der Waals surface area (Å²) in [6.07, 6.45) is 7.50. The average Bonchev–Trinajstić information content (AvgIpc) is 3.32. The molecular weight excluding hydrogens is 264 g/mol. The fourth-order valence-corrected chi connectivity index (χ4v) is 3.37. The SMILES string of the molecule is CCOC1(C(O)c2cccc(OC3CC3)c2)CCCCC1. The monoisotopic (exact) mass is 290 g/mol. The van der Waals surface area contributed by atoms with Gasteiger partial charge in [-0.2, -0.15) is 0 Å². The zero-order valence-electron chi connectivity index (χ0n) is 12.9. The minimum atomic E-state index is -0.569. The van der Waals surface area contributed by atoms with Crippen molar-refractivity contribution in [2.24, 2.45) is 0 Å². The number of benzene rings is 1. The molecular formula is C18H26O3. The quantitative estimate of drug-likeness (QED) is 0.860. The Balaban J connectivity index is 1.79. The first-order chi connectivity index (χ1) is 10.2. The first-order valence-electron chi connectivity index (χ1n) is 8.32. The maximum atomic E-state index is 10.9. The summed E-state index contributed by atoms with van der Waals surface area (Å²) in [5, 5.41) is 10.9. The fraction of sp³-hybridized carbons (Fsp3) is 0.667. The standard InChI is InChI=1S/C18H26O3/c1-2-20-18(11-4-3-5-12-18)17(19)14-7-6-8-16(13-14)21-15-9-10-15/h6-8,13,15,17,19H,2-5,9-12H2,1H3. The van der Waals surface area contributed by atoms with E-state index >= 15 is 0 Å². The molecule has 2 fully saturated rings. The van der Waals surface area contributed by atoms with Crippen molar-refractivity contribution in [2.45, 2.75) is 69.7 Å². The molecule has 0 amide bonds. The van der Waals surface area contributed by atoms with Gasteiger partial charge in [-0.1, -0.05) is 31.4 Å². The molecule has 21 heavy (non-hydrogen) atoms. The van der Waals surface area contributed by atoms with Gasteiger partial charge in [-0.05, 0) is 50.3 Å². The van der Waals surface area contributed by atoms with E-state index in [0.29, 0.717) is 12.7 Å². The second-order valence-corrected chi connectivity index (χ2v) is 6.35. The van der Waals surface area contributed by atoms with Crippen molar-refractivity contribution >= 4 is 0 Å². The number of aliphatic hydroxyl groups excluding tert-OH is 1. The second kappa shape index (κ2) is 6.37. The Hall–Kier alpha value is -1.06. The Labute approximate surface area is 127 Å². The highest BCUT2D eigenvalue weighted by molar-refractivity contribution is 5.32. The summed E-state index contributed by atoms with van der Waals surface area (Å²) in [5.74, 6) is 0.872. The van der Waals surface area contributed by atoms with Gasteiger partial charge < -0.3 is 14.6 Å². The Morgan fingerprint density at radius 2 is 2.00 bits per heavy atom. The summed E-state index contributed by atoms with van der Waals surface area (Å²) in [6, 6.07) is 7.92. The van der Waals surface area contributed by atoms with E-state index < -0.39 is 11.7 Å². The highest BCUT2D eigenvalue weighted by Gasteiger charge is 2.40. The molecule has 0 radical (unpaired) electrons. The maximum Gasteiger partial charge on any atom is 0.120 e. The maximum absolute atomic E-state index is 10.9. The van der Waals surface area contributed by atoms with Gasteiger partial charge in [-0.15, -0.1) is 0 Å². The second-order valence-electron chi connectivity index (χ2n) is 6.35. The van der Waals surface area contributed by atoms with E-state index in [1.807, 2.05) is 31.2 Å². The van der Waals surface area contributed by atoms with Gasteiger partial charge in [-0.3, -0.25) is 0 Å². The molecule has 0 aliphatic heterocycles. The lowest BCUT2D eigenvalue weighted by Gasteiger charge is -2.41. The number of aliphatic hydroxyl groups is 1. The predicted molar refractivity (Wildman–Crippen MR) is 82.5 cm³/mol. The molecule has 1 unspecified atom stereocenters. The van der Waals surface area contributed by atoms with Crippen molar-refractivity contribution in [2.75, 3.05) is 6.61 Å². The van der Waals surface area contributed by atoms with Crippen LogP contribution in [-0.4, -0.2) is 23.4 Å². The van der Waals surface area contributed by atoms with Gasteiger partial charge >= 0.3 is 0 Å². The van der Waals surface area contributed by atoms with E-state index in [0.717, 1.165) is 49.8 Å². The number of hydrogen-bond donors (Lipinski definition) is 1. The van der Waals surface area contributed by atoms with E-state index in [4.69, 9.17) is 9.47 Å². The predicted octanol–water partition coefficient (Wildman–Crippen LogP) is 4.00. The molecule has 3 nitrogen and oxygen atoms in total. The summed E-state index contributed by atoms with van der Waals surface area (Å²) in [5.41, 5.74) is 0.508. The normalized spacial score (nSPS) is 22.8. The van der Waals surface area contributed by atoms with Gasteiger partial charge in [0.15, 0.2) is 0 Å². The minimum absolute atomic E-state index is 0.382. The molecule has 0 aromatic heterocycles. The van der Waals surface area contributed by atoms with Crippen molar-refractivity contribution in [1.29, 1.82) is 0 Å². The summed E-state index contributed by atoms with van der Waals surface area (Å²) in [6.45, 7) is 2.66. The van der Waals surface area contributed by atoms with Crippen LogP contribution in [0.3, 0.4) is 0 Å².